The van der Waals surface area contributed by atoms with Crippen molar-refractivity contribution in [2.45, 2.75) is 39.2 Å². The number of hydrogen-bond donors (Lipinski definition) is 0. The molecular weight excluding hydrogens is 138 g/mol. The molecule has 1 aliphatic heterocycles. The number of nitrogens with zero attached hydrogens (tertiary/aromatic N) is 1. The molecule has 0 amide bonds. The van der Waals surface area contributed by atoms with E-state index in [0.717, 1.165) is 19.4 Å². The first kappa shape index (κ1) is 8.55. The second-order valence-electron chi connectivity index (χ2n) is 3.69. The Kier molecular flexibility index (Phi) is 2.51. The molecule has 0 bridgehead atoms. The molecule has 0 saturated carbocycles. The van der Waals surface area contributed by atoms with Crippen LogP contribution in [-0.2, 0) is 4.74 Å². The van der Waals surface area contributed by atoms with Crippen molar-refractivity contribution in [1.82, 2.24) is 0 Å². The van der Waals surface area contributed by atoms with Crippen molar-refractivity contribution in [3.63, 3.8) is 0 Å². The van der Waals surface area contributed by atoms with Crippen molar-refractivity contribution in [2.24, 2.45) is 5.41 Å². The molecule has 11 heavy (non-hydrogen) atoms. The van der Waals surface area contributed by atoms with Gasteiger partial charge in [0, 0.05) is 6.61 Å². The zero-order chi connectivity index (χ0) is 8.32. The molecule has 0 spiro atoms. The zero-order valence-electron chi connectivity index (χ0n) is 7.26. The second-order valence-corrected chi connectivity index (χ2v) is 3.69. The fourth-order valence-corrected chi connectivity index (χ4v) is 1.38. The third kappa shape index (κ3) is 1.94. The topological polar surface area (TPSA) is 33.0 Å². The number of ether oxygens (including phenoxy) is 1. The fourth-order valence-electron chi connectivity index (χ4n) is 1.38. The van der Waals surface area contributed by atoms with E-state index in [1.54, 1.807) is 0 Å². The molecule has 1 rings (SSSR count). The maximum absolute atomic E-state index is 8.82. The Bertz CT molecular complexity index is 163. The van der Waals surface area contributed by atoms with Gasteiger partial charge in [0.05, 0.1) is 17.6 Å². The average molecular weight is 153 g/mol. The van der Waals surface area contributed by atoms with Gasteiger partial charge in [-0.1, -0.05) is 0 Å². The molecule has 1 heterocycles. The molecule has 0 radical (unpaired) electrons. The van der Waals surface area contributed by atoms with Crippen molar-refractivity contribution in [3.8, 4) is 6.07 Å². The van der Waals surface area contributed by atoms with E-state index in [1.165, 1.54) is 6.42 Å². The molecule has 0 N–H and O–H groups in total. The third-order valence-electron chi connectivity index (χ3n) is 2.27. The quantitative estimate of drug-likeness (QED) is 0.578. The van der Waals surface area contributed by atoms with E-state index in [9.17, 15) is 0 Å². The molecule has 1 aliphatic rings. The van der Waals surface area contributed by atoms with Gasteiger partial charge in [-0.3, -0.25) is 0 Å². The molecule has 1 saturated heterocycles. The lowest BCUT2D eigenvalue weighted by Gasteiger charge is -2.31. The minimum atomic E-state index is -0.305. The summed E-state index contributed by atoms with van der Waals surface area (Å²) in [6, 6.07) is 2.29. The first-order valence-corrected chi connectivity index (χ1v) is 4.19. The van der Waals surface area contributed by atoms with Gasteiger partial charge in [0.15, 0.2) is 0 Å². The Morgan fingerprint density at radius 1 is 1.45 bits per heavy atom. The summed E-state index contributed by atoms with van der Waals surface area (Å²) in [4.78, 5) is 0. The summed E-state index contributed by atoms with van der Waals surface area (Å²) >= 11 is 0. The molecule has 0 aromatic rings. The molecule has 1 atom stereocenters. The van der Waals surface area contributed by atoms with E-state index in [1.807, 2.05) is 13.8 Å². The highest BCUT2D eigenvalue weighted by Gasteiger charge is 2.31. The van der Waals surface area contributed by atoms with Crippen molar-refractivity contribution in [3.05, 3.63) is 0 Å². The largest absolute Gasteiger partial charge is 0.377 e. The van der Waals surface area contributed by atoms with Gasteiger partial charge in [0.25, 0.3) is 0 Å². The number of rotatable bonds is 1. The zero-order valence-corrected chi connectivity index (χ0v) is 7.26. The van der Waals surface area contributed by atoms with Gasteiger partial charge in [0.2, 0.25) is 0 Å². The fraction of sp³-hybridized carbons (Fsp3) is 0.889. The van der Waals surface area contributed by atoms with E-state index in [2.05, 4.69) is 6.07 Å². The normalized spacial score (nSPS) is 26.1. The van der Waals surface area contributed by atoms with Crippen LogP contribution >= 0.6 is 0 Å². The molecular formula is C9H15NO. The van der Waals surface area contributed by atoms with Gasteiger partial charge < -0.3 is 4.74 Å². The molecule has 0 aliphatic carbocycles. The summed E-state index contributed by atoms with van der Waals surface area (Å²) in [6.45, 7) is 4.72. The molecule has 1 fully saturated rings. The molecule has 0 aromatic heterocycles. The SMILES string of the molecule is CC(C)(C#N)C1CCCCO1. The maximum atomic E-state index is 8.82. The van der Waals surface area contributed by atoms with E-state index >= 15 is 0 Å². The van der Waals surface area contributed by atoms with Crippen LogP contribution in [0.4, 0.5) is 0 Å². The maximum Gasteiger partial charge on any atom is 0.0779 e. The molecule has 0 aromatic carbocycles. The van der Waals surface area contributed by atoms with Crippen LogP contribution in [0.1, 0.15) is 33.1 Å². The molecule has 62 valence electrons. The van der Waals surface area contributed by atoms with E-state index in [0.29, 0.717) is 0 Å². The van der Waals surface area contributed by atoms with Crippen LogP contribution in [-0.4, -0.2) is 12.7 Å². The highest BCUT2D eigenvalue weighted by molar-refractivity contribution is 4.98. The summed E-state index contributed by atoms with van der Waals surface area (Å²) in [5, 5.41) is 8.82. The van der Waals surface area contributed by atoms with Crippen LogP contribution in [0.2, 0.25) is 0 Å². The Morgan fingerprint density at radius 2 is 2.18 bits per heavy atom. The summed E-state index contributed by atoms with van der Waals surface area (Å²) < 4.78 is 5.51. The predicted molar refractivity (Wildman–Crippen MR) is 43.0 cm³/mol. The van der Waals surface area contributed by atoms with E-state index in [-0.39, 0.29) is 11.5 Å². The summed E-state index contributed by atoms with van der Waals surface area (Å²) in [7, 11) is 0. The van der Waals surface area contributed by atoms with Gasteiger partial charge in [-0.25, -0.2) is 0 Å². The Hall–Kier alpha value is -0.550. The molecule has 1 unspecified atom stereocenters. The van der Waals surface area contributed by atoms with Crippen LogP contribution in [0.15, 0.2) is 0 Å². The van der Waals surface area contributed by atoms with Gasteiger partial charge in [-0.05, 0) is 33.1 Å². The first-order chi connectivity index (χ1) is 5.17. The van der Waals surface area contributed by atoms with Gasteiger partial charge in [-0.15, -0.1) is 0 Å². The van der Waals surface area contributed by atoms with Gasteiger partial charge in [-0.2, -0.15) is 5.26 Å². The van der Waals surface area contributed by atoms with E-state index < -0.39 is 0 Å². The lowest BCUT2D eigenvalue weighted by Crippen LogP contribution is -2.33. The van der Waals surface area contributed by atoms with Crippen molar-refractivity contribution in [2.75, 3.05) is 6.61 Å². The van der Waals surface area contributed by atoms with Crippen LogP contribution in [0.3, 0.4) is 0 Å². The summed E-state index contributed by atoms with van der Waals surface area (Å²) in [5.41, 5.74) is -0.305. The molecule has 2 nitrogen and oxygen atoms in total. The van der Waals surface area contributed by atoms with Crippen molar-refractivity contribution >= 4 is 0 Å². The summed E-state index contributed by atoms with van der Waals surface area (Å²) in [5.74, 6) is 0. The van der Waals surface area contributed by atoms with Crippen molar-refractivity contribution < 1.29 is 4.74 Å². The minimum Gasteiger partial charge on any atom is -0.377 e. The Morgan fingerprint density at radius 3 is 2.64 bits per heavy atom. The number of nitriles is 1. The second kappa shape index (κ2) is 3.23. The smallest absolute Gasteiger partial charge is 0.0779 e. The van der Waals surface area contributed by atoms with E-state index in [4.69, 9.17) is 10.00 Å². The summed E-state index contributed by atoms with van der Waals surface area (Å²) in [6.07, 6.45) is 3.55. The van der Waals surface area contributed by atoms with Crippen LogP contribution < -0.4 is 0 Å². The lowest BCUT2D eigenvalue weighted by molar-refractivity contribution is -0.0340. The molecule has 2 heteroatoms. The van der Waals surface area contributed by atoms with Crippen molar-refractivity contribution in [1.29, 1.82) is 5.26 Å². The first-order valence-electron chi connectivity index (χ1n) is 4.19. The average Bonchev–Trinajstić information content (AvgIpc) is 2.06. The Labute approximate surface area is 68.2 Å². The lowest BCUT2D eigenvalue weighted by atomic mass is 9.84. The standard InChI is InChI=1S/C9H15NO/c1-9(2,7-10)8-5-3-4-6-11-8/h8H,3-6H2,1-2H3. The van der Waals surface area contributed by atoms with Gasteiger partial charge in [0.1, 0.15) is 0 Å². The number of hydrogen-bond acceptors (Lipinski definition) is 2. The predicted octanol–water partition coefficient (Wildman–Crippen LogP) is 2.11. The monoisotopic (exact) mass is 153 g/mol. The van der Waals surface area contributed by atoms with Crippen LogP contribution in [0, 0.1) is 16.7 Å². The van der Waals surface area contributed by atoms with Gasteiger partial charge >= 0.3 is 0 Å². The highest BCUT2D eigenvalue weighted by Crippen LogP contribution is 2.29. The Balaban J connectivity index is 2.52. The third-order valence-corrected chi connectivity index (χ3v) is 2.27. The van der Waals surface area contributed by atoms with Crippen LogP contribution in [0.5, 0.6) is 0 Å². The highest BCUT2D eigenvalue weighted by atomic mass is 16.5. The minimum absolute atomic E-state index is 0.154. The van der Waals surface area contributed by atoms with Crippen LogP contribution in [0.25, 0.3) is 0 Å².